The Labute approximate surface area is 48.2 Å². The summed E-state index contributed by atoms with van der Waals surface area (Å²) in [6.07, 6.45) is 0. The fourth-order valence-corrected chi connectivity index (χ4v) is 0. The standard InChI is InChI=1S/HNS2.Y.H/c1-3-2;;/h1H;;/i;;1+1. The summed E-state index contributed by atoms with van der Waals surface area (Å²) in [5.74, 6) is 0. The molecule has 0 amide bonds. The molecule has 4 heavy (non-hydrogen) atoms. The van der Waals surface area contributed by atoms with Gasteiger partial charge in [-0.1, -0.05) is 0 Å². The molecule has 0 aliphatic carbocycles. The van der Waals surface area contributed by atoms with E-state index in [-0.39, 0.29) is 0 Å². The van der Waals surface area contributed by atoms with Crippen LogP contribution in [0.25, 0.3) is 0 Å². The molecule has 0 saturated carbocycles. The van der Waals surface area contributed by atoms with Gasteiger partial charge >= 0.3 is 48.7 Å². The first-order valence-electron chi connectivity index (χ1n) is 1.18. The van der Waals surface area contributed by atoms with Gasteiger partial charge in [0.15, 0.2) is 0 Å². The van der Waals surface area contributed by atoms with Crippen molar-refractivity contribution >= 4 is 15.4 Å². The Morgan fingerprint density at radius 1 is 2.25 bits per heavy atom. The quantitative estimate of drug-likeness (QED) is 0.530. The van der Waals surface area contributed by atoms with Gasteiger partial charge in [0.05, 0.1) is 0 Å². The van der Waals surface area contributed by atoms with E-state index in [9.17, 15) is 0 Å². The molecule has 0 radical (unpaired) electrons. The predicted molar refractivity (Wildman–Crippen MR) is 18.8 cm³/mol. The average Bonchev–Trinajstić information content (AvgIpc) is 1.41. The van der Waals surface area contributed by atoms with Gasteiger partial charge in [0, 0.05) is 0 Å². The van der Waals surface area contributed by atoms with Crippen LogP contribution in [0.1, 0.15) is 0 Å². The van der Waals surface area contributed by atoms with Crippen LogP contribution >= 0.6 is 0 Å². The molecule has 0 aliphatic rings. The SMILES string of the molecule is [2H][Y]=[S]=S=N. The van der Waals surface area contributed by atoms with E-state index in [1.54, 1.807) is 0 Å². The van der Waals surface area contributed by atoms with Crippen molar-refractivity contribution in [2.75, 3.05) is 0 Å². The predicted octanol–water partition coefficient (Wildman–Crippen LogP) is 0.0231. The molecule has 0 fully saturated rings. The summed E-state index contributed by atoms with van der Waals surface area (Å²) in [5, 5.41) is 1.40. The number of hydrogen-bond acceptors (Lipinski definition) is 1. The van der Waals surface area contributed by atoms with Gasteiger partial charge in [0.2, 0.25) is 0 Å². The number of hydrogen-bond donors (Lipinski definition) is 1. The van der Waals surface area contributed by atoms with E-state index < -0.39 is 28.4 Å². The van der Waals surface area contributed by atoms with Crippen molar-refractivity contribution in [2.24, 2.45) is 0 Å². The number of rotatable bonds is 0. The monoisotopic (exact) mass is 170 g/mol. The van der Waals surface area contributed by atoms with Gasteiger partial charge in [-0.25, -0.2) is 0 Å². The molecule has 0 unspecified atom stereocenters. The summed E-state index contributed by atoms with van der Waals surface area (Å²) >= 11 is -0.986. The van der Waals surface area contributed by atoms with Crippen molar-refractivity contribution in [1.29, 1.82) is 4.88 Å². The van der Waals surface area contributed by atoms with Crippen LogP contribution in [0.15, 0.2) is 0 Å². The zero-order chi connectivity index (χ0) is 4.12. The molecule has 4 heteroatoms. The molecule has 0 atom stereocenters. The third-order valence-corrected chi connectivity index (χ3v) is 2.56. The second-order valence-corrected chi connectivity index (χ2v) is 5.87. The zero-order valence-corrected chi connectivity index (χ0v) is 6.37. The van der Waals surface area contributed by atoms with Gasteiger partial charge in [0.25, 0.3) is 0 Å². The topological polar surface area (TPSA) is 23.9 Å². The van der Waals surface area contributed by atoms with Crippen LogP contribution in [-0.2, 0) is 43.8 Å². The molecule has 0 bridgehead atoms. The Kier molecular flexibility index (Phi) is 3.83. The maximum absolute atomic E-state index is 6.61. The van der Waals surface area contributed by atoms with Crippen LogP contribution in [0.2, 0.25) is 0 Å². The van der Waals surface area contributed by atoms with E-state index in [2.05, 4.69) is 0 Å². The molecule has 1 N–H and O–H groups in total. The fourth-order valence-electron chi connectivity index (χ4n) is 0. The first kappa shape index (κ1) is 3.53. The molecule has 0 aromatic rings. The molecular weight excluding hydrogens is 167 g/mol. The van der Waals surface area contributed by atoms with Crippen LogP contribution in [-0.4, -0.2) is 0.101 Å². The van der Waals surface area contributed by atoms with Gasteiger partial charge in [-0.2, -0.15) is 0 Å². The molecule has 0 spiro atoms. The van der Waals surface area contributed by atoms with Crippen LogP contribution in [0.5, 0.6) is 0 Å². The van der Waals surface area contributed by atoms with Crippen molar-refractivity contribution in [1.82, 2.24) is 0 Å². The zero-order valence-electron chi connectivity index (χ0n) is 2.89. The Balaban J connectivity index is 3.75. The molecule has 0 aromatic heterocycles. The van der Waals surface area contributed by atoms with E-state index in [1.165, 1.54) is 5.29 Å². The fraction of sp³-hybridized carbons (Fsp3) is 0. The second kappa shape index (κ2) is 4.34. The summed E-state index contributed by atoms with van der Waals surface area (Å²) < 4.78 is 13.0. The summed E-state index contributed by atoms with van der Waals surface area (Å²) in [6, 6.07) is 0. The first-order valence-corrected chi connectivity index (χ1v) is 6.30. The van der Waals surface area contributed by atoms with Crippen molar-refractivity contribution in [3.63, 3.8) is 0 Å². The van der Waals surface area contributed by atoms with Gasteiger partial charge in [0.1, 0.15) is 0 Å². The normalized spacial score (nSPS) is 6.50. The maximum atomic E-state index is 6.61. The molecule has 22 valence electrons. The molecule has 0 rings (SSSR count). The summed E-state index contributed by atoms with van der Waals surface area (Å²) in [5.41, 5.74) is 0. The second-order valence-electron chi connectivity index (χ2n) is 0.180. The van der Waals surface area contributed by atoms with E-state index in [0.717, 1.165) is 10.1 Å². The third-order valence-electron chi connectivity index (χ3n) is 0.0481. The minimum absolute atomic E-state index is 0.965. The first-order chi connectivity index (χ1) is 2.41. The van der Waals surface area contributed by atoms with Crippen LogP contribution in [0.4, 0.5) is 0 Å². The van der Waals surface area contributed by atoms with E-state index >= 15 is 0 Å². The van der Waals surface area contributed by atoms with E-state index in [1.807, 2.05) is 0 Å². The van der Waals surface area contributed by atoms with Crippen molar-refractivity contribution in [3.05, 3.63) is 0 Å². The molecule has 1 nitrogen and oxygen atoms in total. The minimum atomic E-state index is -0.986. The van der Waals surface area contributed by atoms with Gasteiger partial charge in [-0.05, 0) is 0 Å². The third kappa shape index (κ3) is 3.34. The van der Waals surface area contributed by atoms with Crippen LogP contribution in [0.3, 0.4) is 0 Å². The Hall–Kier alpha value is 1.34. The molecule has 0 aliphatic heterocycles. The van der Waals surface area contributed by atoms with Gasteiger partial charge in [-0.3, -0.25) is 0 Å². The molecule has 0 aromatic carbocycles. The van der Waals surface area contributed by atoms with Crippen molar-refractivity contribution in [3.8, 4) is 0 Å². The summed E-state index contributed by atoms with van der Waals surface area (Å²) in [7, 11) is 0.965. The Bertz CT molecular complexity index is 87.8. The Morgan fingerprint density at radius 2 is 3.00 bits per heavy atom. The average molecular weight is 170 g/mol. The molecular formula is H2NS2Y. The van der Waals surface area contributed by atoms with Crippen molar-refractivity contribution in [2.45, 2.75) is 0 Å². The van der Waals surface area contributed by atoms with E-state index in [0.29, 0.717) is 0 Å². The van der Waals surface area contributed by atoms with E-state index in [4.69, 9.17) is 4.88 Å². The van der Waals surface area contributed by atoms with Crippen LogP contribution < -0.4 is 0 Å². The van der Waals surface area contributed by atoms with Crippen LogP contribution in [0, 0.1) is 4.78 Å². The summed E-state index contributed by atoms with van der Waals surface area (Å²) in [6.45, 7) is 0. The summed E-state index contributed by atoms with van der Waals surface area (Å²) in [4.78, 5) is 0. The molecule has 0 heterocycles. The number of nitrogens with one attached hydrogen (secondary N) is 1. The Morgan fingerprint density at radius 3 is 3.00 bits per heavy atom. The molecule has 0 saturated heterocycles. The van der Waals surface area contributed by atoms with Gasteiger partial charge < -0.3 is 0 Å². The van der Waals surface area contributed by atoms with Gasteiger partial charge in [-0.15, -0.1) is 0 Å². The van der Waals surface area contributed by atoms with Crippen molar-refractivity contribution < 1.29 is 28.4 Å².